The van der Waals surface area contributed by atoms with Crippen LogP contribution in [0.25, 0.3) is 22.2 Å². The Morgan fingerprint density at radius 2 is 2.03 bits per heavy atom. The summed E-state index contributed by atoms with van der Waals surface area (Å²) in [5.41, 5.74) is 5.35. The van der Waals surface area contributed by atoms with E-state index >= 15 is 0 Å². The Bertz CT molecular complexity index is 1080. The minimum absolute atomic E-state index is 0.320. The molecule has 0 saturated carbocycles. The van der Waals surface area contributed by atoms with Crippen LogP contribution < -0.4 is 10.6 Å². The molecule has 5 heteroatoms. The van der Waals surface area contributed by atoms with Crippen molar-refractivity contribution in [2.45, 2.75) is 31.5 Å². The van der Waals surface area contributed by atoms with E-state index in [9.17, 15) is 0 Å². The fourth-order valence-electron chi connectivity index (χ4n) is 4.24. The predicted molar refractivity (Wildman–Crippen MR) is 114 cm³/mol. The molecule has 0 unspecified atom stereocenters. The first-order chi connectivity index (χ1) is 14.4. The number of nitrogens with zero attached hydrogens (tertiary/aromatic N) is 2. The number of furan rings is 1. The number of hydrogen-bond acceptors (Lipinski definition) is 5. The number of piperidine rings is 1. The van der Waals surface area contributed by atoms with Crippen LogP contribution in [0.15, 0.2) is 77.8 Å². The smallest absolute Gasteiger partial charge is 0.138 e. The van der Waals surface area contributed by atoms with Gasteiger partial charge in [-0.25, -0.2) is 0 Å². The maximum absolute atomic E-state index is 5.80. The average molecular weight is 384 g/mol. The molecule has 5 rings (SSSR count). The maximum atomic E-state index is 5.80. The van der Waals surface area contributed by atoms with E-state index in [0.29, 0.717) is 12.1 Å². The van der Waals surface area contributed by atoms with E-state index in [-0.39, 0.29) is 0 Å². The molecule has 2 N–H and O–H groups in total. The quantitative estimate of drug-likeness (QED) is 0.531. The fraction of sp³-hybridized carbons (Fsp3) is 0.250. The largest absolute Gasteiger partial charge is 0.464 e. The van der Waals surface area contributed by atoms with E-state index in [0.717, 1.165) is 47.3 Å². The Morgan fingerprint density at radius 1 is 1.10 bits per heavy atom. The number of benzene rings is 2. The van der Waals surface area contributed by atoms with E-state index in [2.05, 4.69) is 63.1 Å². The SMILES string of the molecule is c1ccc([C@@H]2NCCC[C@@H]2NCc2cc(-c3cnccn3)cc3ccoc23)cc1. The Balaban J connectivity index is 1.42. The minimum atomic E-state index is 0.320. The molecule has 5 nitrogen and oxygen atoms in total. The molecule has 29 heavy (non-hydrogen) atoms. The van der Waals surface area contributed by atoms with Crippen LogP contribution in [-0.2, 0) is 6.54 Å². The van der Waals surface area contributed by atoms with Crippen molar-refractivity contribution in [1.29, 1.82) is 0 Å². The van der Waals surface area contributed by atoms with Gasteiger partial charge < -0.3 is 15.1 Å². The van der Waals surface area contributed by atoms with Gasteiger partial charge in [0, 0.05) is 47.5 Å². The molecule has 0 amide bonds. The molecule has 1 aliphatic rings. The molecule has 2 aromatic heterocycles. The van der Waals surface area contributed by atoms with Crippen LogP contribution in [0.2, 0.25) is 0 Å². The number of fused-ring (bicyclic) bond motifs is 1. The third-order valence-corrected chi connectivity index (χ3v) is 5.66. The zero-order chi connectivity index (χ0) is 19.5. The Labute approximate surface area is 170 Å². The van der Waals surface area contributed by atoms with E-state index in [4.69, 9.17) is 4.42 Å². The van der Waals surface area contributed by atoms with Crippen LogP contribution in [-0.4, -0.2) is 22.6 Å². The molecule has 1 fully saturated rings. The van der Waals surface area contributed by atoms with Gasteiger partial charge in [-0.2, -0.15) is 0 Å². The molecule has 1 saturated heterocycles. The van der Waals surface area contributed by atoms with E-state index < -0.39 is 0 Å². The van der Waals surface area contributed by atoms with Crippen molar-refractivity contribution in [3.05, 3.63) is 84.5 Å². The number of aromatic nitrogens is 2. The predicted octanol–water partition coefficient (Wildman–Crippen LogP) is 4.47. The molecule has 0 spiro atoms. The summed E-state index contributed by atoms with van der Waals surface area (Å²) in [7, 11) is 0. The van der Waals surface area contributed by atoms with Crippen molar-refractivity contribution in [3.8, 4) is 11.3 Å². The molecule has 2 atom stereocenters. The molecule has 146 valence electrons. The highest BCUT2D eigenvalue weighted by molar-refractivity contribution is 5.85. The van der Waals surface area contributed by atoms with Crippen LogP contribution in [0, 0.1) is 0 Å². The summed E-state index contributed by atoms with van der Waals surface area (Å²) in [6.07, 6.45) is 9.31. The molecular weight excluding hydrogens is 360 g/mol. The third kappa shape index (κ3) is 3.79. The molecule has 3 heterocycles. The lowest BCUT2D eigenvalue weighted by Crippen LogP contribution is -2.45. The molecule has 2 aromatic carbocycles. The molecule has 0 radical (unpaired) electrons. The second-order valence-electron chi connectivity index (χ2n) is 7.54. The molecule has 4 aromatic rings. The summed E-state index contributed by atoms with van der Waals surface area (Å²) < 4.78 is 5.80. The summed E-state index contributed by atoms with van der Waals surface area (Å²) in [5.74, 6) is 0. The summed E-state index contributed by atoms with van der Waals surface area (Å²) >= 11 is 0. The van der Waals surface area contributed by atoms with Crippen molar-refractivity contribution in [1.82, 2.24) is 20.6 Å². The third-order valence-electron chi connectivity index (χ3n) is 5.66. The van der Waals surface area contributed by atoms with Crippen LogP contribution in [0.3, 0.4) is 0 Å². The van der Waals surface area contributed by atoms with Crippen molar-refractivity contribution >= 4 is 11.0 Å². The van der Waals surface area contributed by atoms with Crippen LogP contribution >= 0.6 is 0 Å². The van der Waals surface area contributed by atoms with Crippen molar-refractivity contribution in [2.75, 3.05) is 6.54 Å². The summed E-state index contributed by atoms with van der Waals surface area (Å²) in [6.45, 7) is 1.80. The van der Waals surface area contributed by atoms with Crippen molar-refractivity contribution in [2.24, 2.45) is 0 Å². The normalized spacial score (nSPS) is 19.4. The first kappa shape index (κ1) is 18.0. The van der Waals surface area contributed by atoms with Gasteiger partial charge >= 0.3 is 0 Å². The number of hydrogen-bond donors (Lipinski definition) is 2. The topological polar surface area (TPSA) is 63.0 Å². The maximum Gasteiger partial charge on any atom is 0.138 e. The highest BCUT2D eigenvalue weighted by Gasteiger charge is 2.25. The molecule has 0 bridgehead atoms. The average Bonchev–Trinajstić information content (AvgIpc) is 3.28. The molecular formula is C24H24N4O. The van der Waals surface area contributed by atoms with Gasteiger partial charge in [0.1, 0.15) is 5.58 Å². The van der Waals surface area contributed by atoms with Gasteiger partial charge in [0.15, 0.2) is 0 Å². The lowest BCUT2D eigenvalue weighted by molar-refractivity contribution is 0.304. The first-order valence-electron chi connectivity index (χ1n) is 10.2. The summed E-state index contributed by atoms with van der Waals surface area (Å²) in [6, 6.07) is 17.7. The first-order valence-corrected chi connectivity index (χ1v) is 10.2. The van der Waals surface area contributed by atoms with Gasteiger partial charge in [0.2, 0.25) is 0 Å². The van der Waals surface area contributed by atoms with Crippen LogP contribution in [0.1, 0.15) is 30.0 Å². The second kappa shape index (κ2) is 8.15. The van der Waals surface area contributed by atoms with Gasteiger partial charge in [-0.05, 0) is 43.1 Å². The standard InChI is InChI=1S/C24H24N4O/c1-2-5-17(6-3-1)23-21(7-4-9-27-23)28-15-20-14-19(22-16-25-10-11-26-22)13-18-8-12-29-24(18)20/h1-3,5-6,8,10-14,16,21,23,27-28H,4,7,9,15H2/t21-,23-/m0/s1. The summed E-state index contributed by atoms with van der Waals surface area (Å²) in [5, 5.41) is 8.56. The van der Waals surface area contributed by atoms with Crippen LogP contribution in [0.4, 0.5) is 0 Å². The lowest BCUT2D eigenvalue weighted by atomic mass is 9.92. The molecule has 0 aliphatic carbocycles. The van der Waals surface area contributed by atoms with Gasteiger partial charge in [-0.15, -0.1) is 0 Å². The summed E-state index contributed by atoms with van der Waals surface area (Å²) in [4.78, 5) is 8.67. The van der Waals surface area contributed by atoms with Crippen LogP contribution in [0.5, 0.6) is 0 Å². The van der Waals surface area contributed by atoms with Gasteiger partial charge in [-0.3, -0.25) is 9.97 Å². The van der Waals surface area contributed by atoms with Gasteiger partial charge in [-0.1, -0.05) is 30.3 Å². The monoisotopic (exact) mass is 384 g/mol. The van der Waals surface area contributed by atoms with Gasteiger partial charge in [0.25, 0.3) is 0 Å². The highest BCUT2D eigenvalue weighted by atomic mass is 16.3. The van der Waals surface area contributed by atoms with E-state index in [1.165, 1.54) is 12.0 Å². The molecule has 1 aliphatic heterocycles. The Morgan fingerprint density at radius 3 is 2.90 bits per heavy atom. The second-order valence-corrected chi connectivity index (χ2v) is 7.54. The lowest BCUT2D eigenvalue weighted by Gasteiger charge is -2.34. The van der Waals surface area contributed by atoms with E-state index in [1.54, 1.807) is 24.9 Å². The van der Waals surface area contributed by atoms with Crippen molar-refractivity contribution < 1.29 is 4.42 Å². The van der Waals surface area contributed by atoms with E-state index in [1.807, 2.05) is 6.07 Å². The zero-order valence-corrected chi connectivity index (χ0v) is 16.2. The van der Waals surface area contributed by atoms with Gasteiger partial charge in [0.05, 0.1) is 18.2 Å². The zero-order valence-electron chi connectivity index (χ0n) is 16.2. The van der Waals surface area contributed by atoms with Crippen molar-refractivity contribution in [3.63, 3.8) is 0 Å². The Kier molecular flexibility index (Phi) is 5.07. The minimum Gasteiger partial charge on any atom is -0.464 e. The number of nitrogens with one attached hydrogen (secondary N) is 2. The highest BCUT2D eigenvalue weighted by Crippen LogP contribution is 2.29. The number of rotatable bonds is 5. The Hall–Kier alpha value is -3.02. The fourth-order valence-corrected chi connectivity index (χ4v) is 4.24.